The molecule has 1 aromatic rings. The van der Waals surface area contributed by atoms with Crippen molar-refractivity contribution in [3.8, 4) is 0 Å². The van der Waals surface area contributed by atoms with Gasteiger partial charge in [0.15, 0.2) is 0 Å². The summed E-state index contributed by atoms with van der Waals surface area (Å²) in [4.78, 5) is 15.8. The number of nitrogens with zero attached hydrogens (tertiary/aromatic N) is 1. The van der Waals surface area contributed by atoms with Crippen LogP contribution in [-0.2, 0) is 6.42 Å². The van der Waals surface area contributed by atoms with E-state index in [9.17, 15) is 4.79 Å². The molecule has 0 fully saturated rings. The van der Waals surface area contributed by atoms with Crippen LogP contribution < -0.4 is 4.84 Å². The zero-order chi connectivity index (χ0) is 11.3. The van der Waals surface area contributed by atoms with Gasteiger partial charge in [-0.3, -0.25) is 0 Å². The van der Waals surface area contributed by atoms with E-state index in [4.69, 9.17) is 9.94 Å². The molecule has 4 heteroatoms. The van der Waals surface area contributed by atoms with Crippen LogP contribution in [0.25, 0.3) is 0 Å². The molecule has 0 unspecified atom stereocenters. The lowest BCUT2D eigenvalue weighted by atomic mass is 10.1. The normalized spacial score (nSPS) is 10.3. The summed E-state index contributed by atoms with van der Waals surface area (Å²) in [5.41, 5.74) is 1.20. The molecular formula is C11H17NO3. The van der Waals surface area contributed by atoms with Gasteiger partial charge in [0.2, 0.25) is 0 Å². The van der Waals surface area contributed by atoms with Crippen LogP contribution in [-0.4, -0.2) is 22.9 Å². The predicted molar refractivity (Wildman–Crippen MR) is 57.1 cm³/mol. The third-order valence-corrected chi connectivity index (χ3v) is 2.34. The number of rotatable bonds is 6. The van der Waals surface area contributed by atoms with Crippen LogP contribution in [0.3, 0.4) is 0 Å². The Kier molecular flexibility index (Phi) is 4.21. The number of aryl methyl sites for hydroxylation is 1. The number of unbranched alkanes of at least 4 members (excludes halogenated alkanes) is 2. The van der Waals surface area contributed by atoms with E-state index in [2.05, 4.69) is 6.92 Å². The highest BCUT2D eigenvalue weighted by atomic mass is 16.6. The fourth-order valence-corrected chi connectivity index (χ4v) is 1.52. The van der Waals surface area contributed by atoms with Crippen molar-refractivity contribution in [3.63, 3.8) is 0 Å². The fraction of sp³-hybridized carbons (Fsp3) is 0.545. The number of aromatic carboxylic acids is 1. The molecule has 0 atom stereocenters. The monoisotopic (exact) mass is 211 g/mol. The van der Waals surface area contributed by atoms with Crippen molar-refractivity contribution in [1.82, 2.24) is 4.73 Å². The highest BCUT2D eigenvalue weighted by molar-refractivity contribution is 5.87. The summed E-state index contributed by atoms with van der Waals surface area (Å²) in [6.45, 7) is 2.14. The molecule has 15 heavy (non-hydrogen) atoms. The Morgan fingerprint density at radius 3 is 2.80 bits per heavy atom. The van der Waals surface area contributed by atoms with Crippen molar-refractivity contribution >= 4 is 5.97 Å². The SMILES string of the molecule is CCCCCc1cc(C(=O)O)cn1OC. The highest BCUT2D eigenvalue weighted by Crippen LogP contribution is 2.11. The van der Waals surface area contributed by atoms with Gasteiger partial charge in [-0.1, -0.05) is 19.8 Å². The van der Waals surface area contributed by atoms with Gasteiger partial charge < -0.3 is 9.94 Å². The topological polar surface area (TPSA) is 51.5 Å². The van der Waals surface area contributed by atoms with Crippen LogP contribution >= 0.6 is 0 Å². The van der Waals surface area contributed by atoms with Crippen molar-refractivity contribution in [2.45, 2.75) is 32.6 Å². The first-order chi connectivity index (χ1) is 7.19. The third-order valence-electron chi connectivity index (χ3n) is 2.34. The number of hydrogen-bond donors (Lipinski definition) is 1. The molecule has 1 rings (SSSR count). The summed E-state index contributed by atoms with van der Waals surface area (Å²) in [6.07, 6.45) is 5.72. The van der Waals surface area contributed by atoms with E-state index in [1.165, 1.54) is 18.0 Å². The number of carboxylic acids is 1. The Morgan fingerprint density at radius 1 is 1.53 bits per heavy atom. The van der Waals surface area contributed by atoms with Crippen LogP contribution in [0.5, 0.6) is 0 Å². The van der Waals surface area contributed by atoms with Gasteiger partial charge in [0, 0.05) is 0 Å². The van der Waals surface area contributed by atoms with E-state index in [-0.39, 0.29) is 5.56 Å². The summed E-state index contributed by atoms with van der Waals surface area (Å²) >= 11 is 0. The smallest absolute Gasteiger partial charge is 0.337 e. The summed E-state index contributed by atoms with van der Waals surface area (Å²) in [7, 11) is 1.54. The number of carbonyl (C=O) groups is 1. The summed E-state index contributed by atoms with van der Waals surface area (Å²) < 4.78 is 1.53. The maximum absolute atomic E-state index is 10.7. The highest BCUT2D eigenvalue weighted by Gasteiger charge is 2.10. The lowest BCUT2D eigenvalue weighted by molar-refractivity contribution is 0.0694. The van der Waals surface area contributed by atoms with Gasteiger partial charge in [0.1, 0.15) is 7.11 Å². The molecule has 84 valence electrons. The largest absolute Gasteiger partial charge is 0.478 e. The molecule has 4 nitrogen and oxygen atoms in total. The lowest BCUT2D eigenvalue weighted by Gasteiger charge is -2.05. The second-order valence-corrected chi connectivity index (χ2v) is 3.49. The molecule has 0 saturated carbocycles. The van der Waals surface area contributed by atoms with Crippen molar-refractivity contribution in [2.75, 3.05) is 7.11 Å². The molecule has 1 aromatic heterocycles. The molecule has 0 aromatic carbocycles. The Bertz CT molecular complexity index is 331. The first-order valence-corrected chi connectivity index (χ1v) is 5.18. The first kappa shape index (κ1) is 11.6. The maximum Gasteiger partial charge on any atom is 0.337 e. The minimum absolute atomic E-state index is 0.281. The lowest BCUT2D eigenvalue weighted by Crippen LogP contribution is -2.08. The van der Waals surface area contributed by atoms with E-state index in [0.717, 1.165) is 31.4 Å². The molecule has 0 amide bonds. The molecule has 0 aliphatic rings. The Morgan fingerprint density at radius 2 is 2.27 bits per heavy atom. The Balaban J connectivity index is 2.72. The molecular weight excluding hydrogens is 194 g/mol. The van der Waals surface area contributed by atoms with Crippen molar-refractivity contribution < 1.29 is 14.7 Å². The van der Waals surface area contributed by atoms with Crippen molar-refractivity contribution in [1.29, 1.82) is 0 Å². The molecule has 0 aliphatic carbocycles. The fourth-order valence-electron chi connectivity index (χ4n) is 1.52. The maximum atomic E-state index is 10.7. The van der Waals surface area contributed by atoms with Crippen LogP contribution in [0.15, 0.2) is 12.3 Å². The average Bonchev–Trinajstić information content (AvgIpc) is 2.62. The molecule has 1 N–H and O–H groups in total. The molecule has 0 radical (unpaired) electrons. The molecule has 0 saturated heterocycles. The standard InChI is InChI=1S/C11H17NO3/c1-3-4-5-6-10-7-9(11(13)14)8-12(10)15-2/h7-8H,3-6H2,1-2H3,(H,13,14). The van der Waals surface area contributed by atoms with Gasteiger partial charge in [-0.05, 0) is 18.9 Å². The molecule has 0 bridgehead atoms. The van der Waals surface area contributed by atoms with E-state index >= 15 is 0 Å². The third kappa shape index (κ3) is 3.01. The van der Waals surface area contributed by atoms with Crippen molar-refractivity contribution in [3.05, 3.63) is 23.5 Å². The zero-order valence-corrected chi connectivity index (χ0v) is 9.19. The minimum atomic E-state index is -0.914. The quantitative estimate of drug-likeness (QED) is 0.732. The Hall–Kier alpha value is -1.45. The van der Waals surface area contributed by atoms with E-state index in [1.54, 1.807) is 6.07 Å². The molecule has 0 spiro atoms. The summed E-state index contributed by atoms with van der Waals surface area (Å²) in [6, 6.07) is 1.67. The number of aromatic nitrogens is 1. The van der Waals surface area contributed by atoms with Crippen molar-refractivity contribution in [2.24, 2.45) is 0 Å². The molecule has 1 heterocycles. The predicted octanol–water partition coefficient (Wildman–Crippen LogP) is 1.98. The number of carboxylic acid groups (broad SMARTS) is 1. The zero-order valence-electron chi connectivity index (χ0n) is 9.19. The summed E-state index contributed by atoms with van der Waals surface area (Å²) in [5.74, 6) is -0.914. The summed E-state index contributed by atoms with van der Waals surface area (Å²) in [5, 5.41) is 8.82. The van der Waals surface area contributed by atoms with Gasteiger partial charge in [-0.25, -0.2) is 4.79 Å². The first-order valence-electron chi connectivity index (χ1n) is 5.18. The Labute approximate surface area is 89.4 Å². The van der Waals surface area contributed by atoms with Gasteiger partial charge >= 0.3 is 5.97 Å². The average molecular weight is 211 g/mol. The van der Waals surface area contributed by atoms with Gasteiger partial charge in [0.05, 0.1) is 17.5 Å². The second kappa shape index (κ2) is 5.44. The van der Waals surface area contributed by atoms with Crippen LogP contribution in [0.2, 0.25) is 0 Å². The van der Waals surface area contributed by atoms with Crippen LogP contribution in [0, 0.1) is 0 Å². The van der Waals surface area contributed by atoms with Crippen LogP contribution in [0.1, 0.15) is 42.2 Å². The van der Waals surface area contributed by atoms with Crippen LogP contribution in [0.4, 0.5) is 0 Å². The van der Waals surface area contributed by atoms with E-state index in [1.807, 2.05) is 0 Å². The van der Waals surface area contributed by atoms with E-state index < -0.39 is 5.97 Å². The van der Waals surface area contributed by atoms with E-state index in [0.29, 0.717) is 0 Å². The molecule has 0 aliphatic heterocycles. The van der Waals surface area contributed by atoms with Gasteiger partial charge in [-0.15, -0.1) is 0 Å². The number of hydrogen-bond acceptors (Lipinski definition) is 2. The minimum Gasteiger partial charge on any atom is -0.478 e. The van der Waals surface area contributed by atoms with Gasteiger partial charge in [-0.2, -0.15) is 4.73 Å². The second-order valence-electron chi connectivity index (χ2n) is 3.49. The van der Waals surface area contributed by atoms with Gasteiger partial charge in [0.25, 0.3) is 0 Å².